The first-order chi connectivity index (χ1) is 7.66. The van der Waals surface area contributed by atoms with Crippen molar-refractivity contribution in [2.45, 2.75) is 25.7 Å². The molecule has 5 nitrogen and oxygen atoms in total. The highest BCUT2D eigenvalue weighted by Crippen LogP contribution is 1.94. The van der Waals surface area contributed by atoms with Crippen LogP contribution in [-0.4, -0.2) is 43.8 Å². The lowest BCUT2D eigenvalue weighted by molar-refractivity contribution is 0.0188. The molecule has 96 valence electrons. The van der Waals surface area contributed by atoms with Gasteiger partial charge < -0.3 is 21.0 Å². The quantitative estimate of drug-likeness (QED) is 0.173. The maximum Gasteiger partial charge on any atom is 0.261 e. The monoisotopic (exact) mass is 239 g/mol. The van der Waals surface area contributed by atoms with E-state index in [1.807, 2.05) is 0 Å². The normalized spacial score (nSPS) is 12.3. The predicted octanol–water partition coefficient (Wildman–Crippen LogP) is 0.774. The topological polar surface area (TPSA) is 79.9 Å². The van der Waals surface area contributed by atoms with Crippen molar-refractivity contribution in [1.82, 2.24) is 5.32 Å². The van der Waals surface area contributed by atoms with Crippen LogP contribution in [0.15, 0.2) is 5.16 Å². The average molecular weight is 239 g/mol. The van der Waals surface area contributed by atoms with Gasteiger partial charge in [0.05, 0.1) is 6.61 Å². The molecule has 7 heteroatoms. The Labute approximate surface area is 93.6 Å². The largest absolute Gasteiger partial charge is 0.409 e. The van der Waals surface area contributed by atoms with Crippen molar-refractivity contribution in [2.75, 3.05) is 26.3 Å². The summed E-state index contributed by atoms with van der Waals surface area (Å²) in [5.41, 5.74) is 5.27. The van der Waals surface area contributed by atoms with Gasteiger partial charge in [-0.3, -0.25) is 0 Å². The van der Waals surface area contributed by atoms with Crippen molar-refractivity contribution >= 4 is 5.84 Å². The molecular weight excluding hydrogens is 220 g/mol. The van der Waals surface area contributed by atoms with E-state index >= 15 is 0 Å². The highest BCUT2D eigenvalue weighted by Gasteiger charge is 2.00. The number of nitrogens with zero attached hydrogens (tertiary/aromatic N) is 1. The first-order valence-corrected chi connectivity index (χ1v) is 5.19. The second-order valence-electron chi connectivity index (χ2n) is 3.26. The molecule has 0 radical (unpaired) electrons. The van der Waals surface area contributed by atoms with Gasteiger partial charge in [0, 0.05) is 13.0 Å². The van der Waals surface area contributed by atoms with Gasteiger partial charge in [-0.05, 0) is 19.4 Å². The number of alkyl halides is 2. The van der Waals surface area contributed by atoms with Gasteiger partial charge in [-0.1, -0.05) is 5.16 Å². The molecule has 0 spiro atoms. The summed E-state index contributed by atoms with van der Waals surface area (Å²) in [5.74, 6) is 0.222. The summed E-state index contributed by atoms with van der Waals surface area (Å²) in [6, 6.07) is 0. The number of hydrogen-bond donors (Lipinski definition) is 3. The molecule has 0 bridgehead atoms. The van der Waals surface area contributed by atoms with Gasteiger partial charge >= 0.3 is 0 Å². The highest BCUT2D eigenvalue weighted by molar-refractivity contribution is 5.79. The molecule has 0 aliphatic heterocycles. The molecule has 0 saturated heterocycles. The summed E-state index contributed by atoms with van der Waals surface area (Å²) in [4.78, 5) is 0. The van der Waals surface area contributed by atoms with Crippen LogP contribution in [0.1, 0.15) is 19.3 Å². The summed E-state index contributed by atoms with van der Waals surface area (Å²) in [5, 5.41) is 14.1. The van der Waals surface area contributed by atoms with Crippen molar-refractivity contribution in [1.29, 1.82) is 0 Å². The third-order valence-electron chi connectivity index (χ3n) is 1.83. The van der Waals surface area contributed by atoms with Crippen LogP contribution in [0.3, 0.4) is 0 Å². The van der Waals surface area contributed by atoms with E-state index in [1.54, 1.807) is 0 Å². The number of rotatable bonds is 10. The molecule has 0 aromatic rings. The first-order valence-electron chi connectivity index (χ1n) is 5.19. The second kappa shape index (κ2) is 10.6. The van der Waals surface area contributed by atoms with Gasteiger partial charge in [-0.15, -0.1) is 0 Å². The summed E-state index contributed by atoms with van der Waals surface area (Å²) in [6.45, 7) is 1.09. The number of hydrogen-bond acceptors (Lipinski definition) is 4. The zero-order chi connectivity index (χ0) is 12.2. The fraction of sp³-hybridized carbons (Fsp3) is 0.889. The summed E-state index contributed by atoms with van der Waals surface area (Å²) in [7, 11) is 0. The van der Waals surface area contributed by atoms with Crippen molar-refractivity contribution in [3.05, 3.63) is 0 Å². The molecular formula is C9H19F2N3O2. The maximum atomic E-state index is 11.6. The third kappa shape index (κ3) is 11.1. The van der Waals surface area contributed by atoms with Crippen molar-refractivity contribution in [3.8, 4) is 0 Å². The Morgan fingerprint density at radius 2 is 2.12 bits per heavy atom. The smallest absolute Gasteiger partial charge is 0.261 e. The standard InChI is InChI=1S/C9H19F2N3O2/c10-8(11)7-16-6-5-13-4-2-1-3-9(12)14-15/h8,13,15H,1-7H2,(H2,12,14). The Hall–Kier alpha value is -0.950. The third-order valence-corrected chi connectivity index (χ3v) is 1.83. The van der Waals surface area contributed by atoms with Gasteiger partial charge in [0.2, 0.25) is 0 Å². The van der Waals surface area contributed by atoms with Crippen LogP contribution in [0.25, 0.3) is 0 Å². The zero-order valence-electron chi connectivity index (χ0n) is 9.16. The van der Waals surface area contributed by atoms with E-state index in [0.717, 1.165) is 19.4 Å². The molecule has 0 aromatic carbocycles. The van der Waals surface area contributed by atoms with Gasteiger partial charge in [-0.2, -0.15) is 0 Å². The van der Waals surface area contributed by atoms with E-state index in [2.05, 4.69) is 15.2 Å². The first kappa shape index (κ1) is 15.0. The fourth-order valence-corrected chi connectivity index (χ4v) is 1.05. The minimum absolute atomic E-state index is 0.222. The molecule has 0 aliphatic rings. The maximum absolute atomic E-state index is 11.6. The molecule has 0 fully saturated rings. The van der Waals surface area contributed by atoms with Crippen LogP contribution >= 0.6 is 0 Å². The summed E-state index contributed by atoms with van der Waals surface area (Å²) >= 11 is 0. The lowest BCUT2D eigenvalue weighted by Crippen LogP contribution is -2.22. The molecule has 0 rings (SSSR count). The number of ether oxygens (including phenoxy) is 1. The zero-order valence-corrected chi connectivity index (χ0v) is 9.16. The SMILES string of the molecule is NC(CCCCNCCOCC(F)F)=NO. The fourth-order valence-electron chi connectivity index (χ4n) is 1.05. The van der Waals surface area contributed by atoms with Gasteiger partial charge in [0.25, 0.3) is 6.43 Å². The Bertz CT molecular complexity index is 192. The number of nitrogens with two attached hydrogens (primary N) is 1. The van der Waals surface area contributed by atoms with Gasteiger partial charge in [-0.25, -0.2) is 8.78 Å². The average Bonchev–Trinajstić information content (AvgIpc) is 2.26. The number of unbranched alkanes of at least 4 members (excludes halogenated alkanes) is 1. The molecule has 0 atom stereocenters. The van der Waals surface area contributed by atoms with Crippen LogP contribution in [-0.2, 0) is 4.74 Å². The molecule has 0 heterocycles. The second-order valence-corrected chi connectivity index (χ2v) is 3.26. The van der Waals surface area contributed by atoms with E-state index < -0.39 is 13.0 Å². The van der Waals surface area contributed by atoms with E-state index in [4.69, 9.17) is 10.9 Å². The number of amidine groups is 1. The molecule has 0 unspecified atom stereocenters. The van der Waals surface area contributed by atoms with Crippen LogP contribution < -0.4 is 11.1 Å². The minimum Gasteiger partial charge on any atom is -0.409 e. The van der Waals surface area contributed by atoms with Crippen LogP contribution in [0, 0.1) is 0 Å². The molecule has 0 aliphatic carbocycles. The Morgan fingerprint density at radius 3 is 2.75 bits per heavy atom. The van der Waals surface area contributed by atoms with Crippen molar-refractivity contribution in [2.24, 2.45) is 10.9 Å². The molecule has 0 aromatic heterocycles. The van der Waals surface area contributed by atoms with Crippen molar-refractivity contribution < 1.29 is 18.7 Å². The predicted molar refractivity (Wildman–Crippen MR) is 57.0 cm³/mol. The molecule has 0 saturated carbocycles. The molecule has 16 heavy (non-hydrogen) atoms. The minimum atomic E-state index is -2.40. The van der Waals surface area contributed by atoms with Gasteiger partial charge in [0.15, 0.2) is 0 Å². The molecule has 0 amide bonds. The highest BCUT2D eigenvalue weighted by atomic mass is 19.3. The van der Waals surface area contributed by atoms with Crippen LogP contribution in [0.2, 0.25) is 0 Å². The van der Waals surface area contributed by atoms with Gasteiger partial charge in [0.1, 0.15) is 12.4 Å². The summed E-state index contributed by atoms with van der Waals surface area (Å²) < 4.78 is 27.9. The number of nitrogens with one attached hydrogen (secondary N) is 1. The lowest BCUT2D eigenvalue weighted by atomic mass is 10.2. The Kier molecular flexibility index (Phi) is 9.94. The van der Waals surface area contributed by atoms with Crippen LogP contribution in [0.4, 0.5) is 8.78 Å². The van der Waals surface area contributed by atoms with E-state index in [0.29, 0.717) is 13.0 Å². The Balaban J connectivity index is 3.04. The Morgan fingerprint density at radius 1 is 1.38 bits per heavy atom. The molecule has 4 N–H and O–H groups in total. The lowest BCUT2D eigenvalue weighted by Gasteiger charge is -2.05. The van der Waals surface area contributed by atoms with E-state index in [-0.39, 0.29) is 12.4 Å². The van der Waals surface area contributed by atoms with E-state index in [1.165, 1.54) is 0 Å². The number of halogens is 2. The van der Waals surface area contributed by atoms with E-state index in [9.17, 15) is 8.78 Å². The number of oxime groups is 1. The summed E-state index contributed by atoms with van der Waals surface area (Å²) in [6.07, 6.45) is -0.146. The van der Waals surface area contributed by atoms with Crippen LogP contribution in [0.5, 0.6) is 0 Å². The van der Waals surface area contributed by atoms with Crippen molar-refractivity contribution in [3.63, 3.8) is 0 Å².